The number of hydrogen-bond donors (Lipinski definition) is 2. The lowest BCUT2D eigenvalue weighted by atomic mass is 10.3. The summed E-state index contributed by atoms with van der Waals surface area (Å²) in [7, 11) is -3.79. The Morgan fingerprint density at radius 3 is 2.29 bits per heavy atom. The van der Waals surface area contributed by atoms with Gasteiger partial charge in [0.05, 0.1) is 4.90 Å². The van der Waals surface area contributed by atoms with Crippen LogP contribution in [0.5, 0.6) is 0 Å². The lowest BCUT2D eigenvalue weighted by molar-refractivity contribution is -0.467. The number of nitrogens with zero attached hydrogens (tertiary/aromatic N) is 1. The maximum absolute atomic E-state index is 11.0. The number of anilines is 1. The number of carbonyl (C=O) groups excluding carboxylic acids is 1. The molecule has 1 aromatic carbocycles. The molecule has 9 heteroatoms. The van der Waals surface area contributed by atoms with E-state index in [1.165, 1.54) is 24.3 Å². The molecule has 0 saturated carbocycles. The molecular formula is C8H9N3O5S. The molecule has 0 aliphatic heterocycles. The normalized spacial score (nSPS) is 10.9. The zero-order valence-electron chi connectivity index (χ0n) is 8.49. The minimum absolute atomic E-state index is 0.107. The molecular weight excluding hydrogens is 250 g/mol. The Kier molecular flexibility index (Phi) is 3.76. The second kappa shape index (κ2) is 4.89. The molecule has 0 aliphatic rings. The van der Waals surface area contributed by atoms with Crippen molar-refractivity contribution in [1.29, 1.82) is 0 Å². The monoisotopic (exact) mass is 259 g/mol. The summed E-state index contributed by atoms with van der Waals surface area (Å²) in [6.45, 7) is -0.850. The lowest BCUT2D eigenvalue weighted by Crippen LogP contribution is -2.21. The predicted molar refractivity (Wildman–Crippen MR) is 58.3 cm³/mol. The van der Waals surface area contributed by atoms with Crippen LogP contribution >= 0.6 is 0 Å². The first-order chi connectivity index (χ1) is 7.79. The maximum Gasteiger partial charge on any atom is 0.296 e. The summed E-state index contributed by atoms with van der Waals surface area (Å²) in [6, 6.07) is 4.96. The Morgan fingerprint density at radius 1 is 1.35 bits per heavy atom. The number of sulfonamides is 1. The van der Waals surface area contributed by atoms with E-state index in [-0.39, 0.29) is 10.6 Å². The van der Waals surface area contributed by atoms with E-state index in [1.54, 1.807) is 0 Å². The summed E-state index contributed by atoms with van der Waals surface area (Å²) < 4.78 is 21.8. The van der Waals surface area contributed by atoms with Gasteiger partial charge in [0.25, 0.3) is 12.5 Å². The smallest absolute Gasteiger partial charge is 0.296 e. The van der Waals surface area contributed by atoms with Crippen molar-refractivity contribution in [2.45, 2.75) is 4.90 Å². The van der Waals surface area contributed by atoms with Crippen molar-refractivity contribution in [2.75, 3.05) is 11.9 Å². The largest absolute Gasteiger partial charge is 0.320 e. The third-order valence-electron chi connectivity index (χ3n) is 1.74. The van der Waals surface area contributed by atoms with Crippen LogP contribution in [0.25, 0.3) is 0 Å². The quantitative estimate of drug-likeness (QED) is 0.558. The summed E-state index contributed by atoms with van der Waals surface area (Å²) >= 11 is 0. The molecule has 0 aromatic heterocycles. The molecule has 0 atom stereocenters. The highest BCUT2D eigenvalue weighted by molar-refractivity contribution is 7.89. The summed E-state index contributed by atoms with van der Waals surface area (Å²) in [5.74, 6) is -0.793. The zero-order chi connectivity index (χ0) is 13.1. The molecule has 0 saturated heterocycles. The standard InChI is InChI=1S/C8H9N3O5S/c9-17(15,16)7-3-1-6(2-4-7)10-8(12)5-11(13)14/h1-4H,5H2,(H,10,12)(H2,9,15,16). The van der Waals surface area contributed by atoms with Crippen molar-refractivity contribution in [3.63, 3.8) is 0 Å². The SMILES string of the molecule is NS(=O)(=O)c1ccc(NC(=O)C[N+](=O)[O-])cc1. The first-order valence-corrected chi connectivity index (χ1v) is 5.88. The number of carbonyl (C=O) groups is 1. The van der Waals surface area contributed by atoms with Crippen LogP contribution < -0.4 is 10.5 Å². The Labute approximate surface area is 96.6 Å². The molecule has 0 unspecified atom stereocenters. The summed E-state index contributed by atoms with van der Waals surface area (Å²) in [4.78, 5) is 20.2. The van der Waals surface area contributed by atoms with Gasteiger partial charge in [0.1, 0.15) is 0 Å². The van der Waals surface area contributed by atoms with Crippen molar-refractivity contribution in [2.24, 2.45) is 5.14 Å². The van der Waals surface area contributed by atoms with E-state index in [2.05, 4.69) is 5.32 Å². The third kappa shape index (κ3) is 4.17. The van der Waals surface area contributed by atoms with Crippen LogP contribution in [0.4, 0.5) is 5.69 Å². The molecule has 0 spiro atoms. The predicted octanol–water partition coefficient (Wildman–Crippen LogP) is -0.451. The van der Waals surface area contributed by atoms with Gasteiger partial charge in [-0.1, -0.05) is 0 Å². The first-order valence-electron chi connectivity index (χ1n) is 4.33. The second-order valence-electron chi connectivity index (χ2n) is 3.11. The van der Waals surface area contributed by atoms with Gasteiger partial charge < -0.3 is 5.32 Å². The van der Waals surface area contributed by atoms with Crippen LogP contribution in [0.3, 0.4) is 0 Å². The van der Waals surface area contributed by atoms with Crippen LogP contribution in [-0.2, 0) is 14.8 Å². The number of nitro groups is 1. The van der Waals surface area contributed by atoms with Gasteiger partial charge in [-0.3, -0.25) is 14.9 Å². The van der Waals surface area contributed by atoms with E-state index in [4.69, 9.17) is 5.14 Å². The van der Waals surface area contributed by atoms with Gasteiger partial charge in [-0.05, 0) is 24.3 Å². The molecule has 17 heavy (non-hydrogen) atoms. The van der Waals surface area contributed by atoms with E-state index >= 15 is 0 Å². The molecule has 8 nitrogen and oxygen atoms in total. The van der Waals surface area contributed by atoms with E-state index < -0.39 is 27.4 Å². The highest BCUT2D eigenvalue weighted by Gasteiger charge is 2.11. The van der Waals surface area contributed by atoms with Gasteiger partial charge in [0.2, 0.25) is 10.0 Å². The van der Waals surface area contributed by atoms with Crippen molar-refractivity contribution in [1.82, 2.24) is 0 Å². The molecule has 1 amide bonds. The number of nitrogens with one attached hydrogen (secondary N) is 1. The number of hydrogen-bond acceptors (Lipinski definition) is 5. The van der Waals surface area contributed by atoms with Gasteiger partial charge in [0.15, 0.2) is 0 Å². The molecule has 1 rings (SSSR count). The highest BCUT2D eigenvalue weighted by atomic mass is 32.2. The van der Waals surface area contributed by atoms with E-state index in [0.717, 1.165) is 0 Å². The maximum atomic E-state index is 11.0. The van der Waals surface area contributed by atoms with Crippen molar-refractivity contribution >= 4 is 21.6 Å². The van der Waals surface area contributed by atoms with E-state index in [9.17, 15) is 23.3 Å². The van der Waals surface area contributed by atoms with Gasteiger partial charge in [-0.25, -0.2) is 13.6 Å². The average Bonchev–Trinajstić information content (AvgIpc) is 2.15. The summed E-state index contributed by atoms with van der Waals surface area (Å²) in [5.41, 5.74) is 0.254. The third-order valence-corrected chi connectivity index (χ3v) is 2.67. The van der Waals surface area contributed by atoms with Gasteiger partial charge in [-0.15, -0.1) is 0 Å². The number of benzene rings is 1. The Balaban J connectivity index is 2.76. The van der Waals surface area contributed by atoms with Gasteiger partial charge in [0, 0.05) is 10.6 Å². The summed E-state index contributed by atoms with van der Waals surface area (Å²) in [5, 5.41) is 17.1. The number of nitrogens with two attached hydrogens (primary N) is 1. The number of primary sulfonamides is 1. The van der Waals surface area contributed by atoms with Crippen LogP contribution in [0.2, 0.25) is 0 Å². The molecule has 1 aromatic rings. The van der Waals surface area contributed by atoms with Crippen LogP contribution in [0.15, 0.2) is 29.2 Å². The Bertz CT molecular complexity index is 537. The molecule has 92 valence electrons. The molecule has 0 heterocycles. The molecule has 0 fully saturated rings. The topological polar surface area (TPSA) is 132 Å². The van der Waals surface area contributed by atoms with E-state index in [0.29, 0.717) is 0 Å². The molecule has 0 radical (unpaired) electrons. The van der Waals surface area contributed by atoms with Crippen LogP contribution in [-0.4, -0.2) is 25.8 Å². The van der Waals surface area contributed by atoms with Crippen molar-refractivity contribution in [3.8, 4) is 0 Å². The van der Waals surface area contributed by atoms with E-state index in [1.807, 2.05) is 0 Å². The van der Waals surface area contributed by atoms with Gasteiger partial charge >= 0.3 is 0 Å². The van der Waals surface area contributed by atoms with Crippen LogP contribution in [0, 0.1) is 10.1 Å². The van der Waals surface area contributed by atoms with Gasteiger partial charge in [-0.2, -0.15) is 0 Å². The highest BCUT2D eigenvalue weighted by Crippen LogP contribution is 2.12. The lowest BCUT2D eigenvalue weighted by Gasteiger charge is -2.03. The Hall–Kier alpha value is -2.00. The molecule has 3 N–H and O–H groups in total. The fourth-order valence-electron chi connectivity index (χ4n) is 1.05. The minimum atomic E-state index is -3.79. The van der Waals surface area contributed by atoms with Crippen molar-refractivity contribution < 1.29 is 18.1 Å². The fraction of sp³-hybridized carbons (Fsp3) is 0.125. The van der Waals surface area contributed by atoms with Crippen LogP contribution in [0.1, 0.15) is 0 Å². The number of amides is 1. The fourth-order valence-corrected chi connectivity index (χ4v) is 1.56. The minimum Gasteiger partial charge on any atom is -0.320 e. The number of rotatable bonds is 4. The molecule has 0 bridgehead atoms. The van der Waals surface area contributed by atoms with Crippen molar-refractivity contribution in [3.05, 3.63) is 34.4 Å². The summed E-state index contributed by atoms with van der Waals surface area (Å²) in [6.07, 6.45) is 0. The molecule has 0 aliphatic carbocycles. The first kappa shape index (κ1) is 13.1. The zero-order valence-corrected chi connectivity index (χ0v) is 9.31. The average molecular weight is 259 g/mol. The second-order valence-corrected chi connectivity index (χ2v) is 4.67. The Morgan fingerprint density at radius 2 is 1.88 bits per heavy atom.